The molecule has 6 heteroatoms. The van der Waals surface area contributed by atoms with Crippen LogP contribution in [-0.4, -0.2) is 47.0 Å². The molecule has 0 N–H and O–H groups in total. The average Bonchev–Trinajstić information content (AvgIpc) is 3.04. The number of aryl methyl sites for hydroxylation is 1. The molecule has 1 aliphatic rings. The van der Waals surface area contributed by atoms with Crippen LogP contribution in [0.5, 0.6) is 0 Å². The summed E-state index contributed by atoms with van der Waals surface area (Å²) in [5.41, 5.74) is 2.74. The third kappa shape index (κ3) is 4.50. The van der Waals surface area contributed by atoms with E-state index in [1.54, 1.807) is 16.7 Å². The highest BCUT2D eigenvalue weighted by atomic mass is 32.2. The number of thioether (sulfide) groups is 1. The molecule has 1 fully saturated rings. The predicted octanol–water partition coefficient (Wildman–Crippen LogP) is 3.87. The van der Waals surface area contributed by atoms with Gasteiger partial charge in [0.1, 0.15) is 11.2 Å². The lowest BCUT2D eigenvalue weighted by molar-refractivity contribution is -0.128. The third-order valence-electron chi connectivity index (χ3n) is 4.70. The standard InChI is InChI=1S/C21H23FN2O2S/c1-3-23(20(26)16-8-10-18(22)11-9-16)12-13-24-19(25)14-27-21(24)17-6-4-15(2)5-7-17/h4-11,21H,3,12-14H2,1-2H3. The number of hydrogen-bond acceptors (Lipinski definition) is 3. The number of benzene rings is 2. The Morgan fingerprint density at radius 1 is 1.19 bits per heavy atom. The van der Waals surface area contributed by atoms with Gasteiger partial charge in [0.05, 0.1) is 5.75 Å². The molecule has 1 unspecified atom stereocenters. The second-order valence-corrected chi connectivity index (χ2v) is 7.62. The van der Waals surface area contributed by atoms with Crippen LogP contribution in [-0.2, 0) is 4.79 Å². The summed E-state index contributed by atoms with van der Waals surface area (Å²) in [5.74, 6) is 0.0334. The van der Waals surface area contributed by atoms with E-state index in [-0.39, 0.29) is 23.0 Å². The van der Waals surface area contributed by atoms with Crippen molar-refractivity contribution in [3.8, 4) is 0 Å². The topological polar surface area (TPSA) is 40.6 Å². The van der Waals surface area contributed by atoms with Gasteiger partial charge in [-0.1, -0.05) is 29.8 Å². The number of hydrogen-bond donors (Lipinski definition) is 0. The highest BCUT2D eigenvalue weighted by molar-refractivity contribution is 8.00. The Balaban J connectivity index is 1.68. The minimum atomic E-state index is -0.366. The highest BCUT2D eigenvalue weighted by Crippen LogP contribution is 2.38. The van der Waals surface area contributed by atoms with Crippen LogP contribution in [0.25, 0.3) is 0 Å². The molecule has 1 saturated heterocycles. The van der Waals surface area contributed by atoms with E-state index in [4.69, 9.17) is 0 Å². The first-order chi connectivity index (χ1) is 13.0. The maximum absolute atomic E-state index is 13.1. The zero-order chi connectivity index (χ0) is 19.4. The molecule has 27 heavy (non-hydrogen) atoms. The van der Waals surface area contributed by atoms with Gasteiger partial charge in [-0.2, -0.15) is 0 Å². The van der Waals surface area contributed by atoms with Crippen molar-refractivity contribution in [3.05, 3.63) is 71.0 Å². The van der Waals surface area contributed by atoms with E-state index < -0.39 is 0 Å². The Morgan fingerprint density at radius 3 is 2.48 bits per heavy atom. The molecule has 142 valence electrons. The molecular weight excluding hydrogens is 363 g/mol. The van der Waals surface area contributed by atoms with Crippen molar-refractivity contribution in [1.82, 2.24) is 9.80 Å². The van der Waals surface area contributed by atoms with Gasteiger partial charge in [0.25, 0.3) is 5.91 Å². The number of likely N-dealkylation sites (N-methyl/N-ethyl adjacent to an activating group) is 1. The summed E-state index contributed by atoms with van der Waals surface area (Å²) in [6.45, 7) is 5.39. The number of carbonyl (C=O) groups excluding carboxylic acids is 2. The molecule has 1 atom stereocenters. The van der Waals surface area contributed by atoms with Crippen LogP contribution < -0.4 is 0 Å². The molecule has 0 aliphatic carbocycles. The van der Waals surface area contributed by atoms with Gasteiger partial charge in [0, 0.05) is 25.2 Å². The molecule has 2 amide bonds. The van der Waals surface area contributed by atoms with Crippen molar-refractivity contribution in [2.24, 2.45) is 0 Å². The van der Waals surface area contributed by atoms with Crippen molar-refractivity contribution in [2.75, 3.05) is 25.4 Å². The van der Waals surface area contributed by atoms with Crippen LogP contribution >= 0.6 is 11.8 Å². The molecule has 3 rings (SSSR count). The maximum atomic E-state index is 13.1. The fourth-order valence-electron chi connectivity index (χ4n) is 3.11. The second kappa shape index (κ2) is 8.57. The number of carbonyl (C=O) groups is 2. The van der Waals surface area contributed by atoms with E-state index in [1.807, 2.05) is 30.9 Å². The number of amides is 2. The first-order valence-electron chi connectivity index (χ1n) is 9.02. The van der Waals surface area contributed by atoms with Crippen LogP contribution in [0.1, 0.15) is 33.8 Å². The minimum Gasteiger partial charge on any atom is -0.337 e. The van der Waals surface area contributed by atoms with Crippen LogP contribution in [0, 0.1) is 12.7 Å². The van der Waals surface area contributed by atoms with Gasteiger partial charge in [-0.05, 0) is 43.7 Å². The van der Waals surface area contributed by atoms with Crippen molar-refractivity contribution in [3.63, 3.8) is 0 Å². The van der Waals surface area contributed by atoms with Crippen LogP contribution in [0.2, 0.25) is 0 Å². The SMILES string of the molecule is CCN(CCN1C(=O)CSC1c1ccc(C)cc1)C(=O)c1ccc(F)cc1. The molecular formula is C21H23FN2O2S. The van der Waals surface area contributed by atoms with Gasteiger partial charge in [-0.3, -0.25) is 9.59 Å². The molecule has 1 heterocycles. The monoisotopic (exact) mass is 386 g/mol. The summed E-state index contributed by atoms with van der Waals surface area (Å²) in [7, 11) is 0. The molecule has 4 nitrogen and oxygen atoms in total. The van der Waals surface area contributed by atoms with Gasteiger partial charge in [0.2, 0.25) is 5.91 Å². The van der Waals surface area contributed by atoms with Crippen molar-refractivity contribution in [1.29, 1.82) is 0 Å². The Kier molecular flexibility index (Phi) is 6.16. The normalized spacial score (nSPS) is 16.6. The molecule has 2 aromatic carbocycles. The lowest BCUT2D eigenvalue weighted by atomic mass is 10.1. The minimum absolute atomic E-state index is 0.0160. The van der Waals surface area contributed by atoms with E-state index in [9.17, 15) is 14.0 Å². The lowest BCUT2D eigenvalue weighted by Gasteiger charge is -2.28. The summed E-state index contributed by atoms with van der Waals surface area (Å²) in [4.78, 5) is 28.6. The average molecular weight is 386 g/mol. The highest BCUT2D eigenvalue weighted by Gasteiger charge is 2.33. The quantitative estimate of drug-likeness (QED) is 0.757. The summed E-state index contributed by atoms with van der Waals surface area (Å²) in [5, 5.41) is -0.0160. The zero-order valence-corrected chi connectivity index (χ0v) is 16.3. The van der Waals surface area contributed by atoms with Gasteiger partial charge < -0.3 is 9.80 Å². The number of rotatable bonds is 6. The molecule has 0 radical (unpaired) electrons. The van der Waals surface area contributed by atoms with E-state index in [0.717, 1.165) is 5.56 Å². The molecule has 0 bridgehead atoms. The Morgan fingerprint density at radius 2 is 1.85 bits per heavy atom. The first-order valence-corrected chi connectivity index (χ1v) is 10.1. The van der Waals surface area contributed by atoms with E-state index >= 15 is 0 Å². The summed E-state index contributed by atoms with van der Waals surface area (Å²) in [6, 6.07) is 13.8. The van der Waals surface area contributed by atoms with Crippen LogP contribution in [0.15, 0.2) is 48.5 Å². The Labute approximate surface area is 163 Å². The zero-order valence-electron chi connectivity index (χ0n) is 15.5. The molecule has 2 aromatic rings. The summed E-state index contributed by atoms with van der Waals surface area (Å²) < 4.78 is 13.1. The smallest absolute Gasteiger partial charge is 0.253 e. The first kappa shape index (κ1) is 19.4. The molecule has 0 aromatic heterocycles. The van der Waals surface area contributed by atoms with Gasteiger partial charge >= 0.3 is 0 Å². The van der Waals surface area contributed by atoms with E-state index in [1.165, 1.54) is 29.8 Å². The fourth-order valence-corrected chi connectivity index (χ4v) is 4.33. The van der Waals surface area contributed by atoms with Crippen LogP contribution in [0.3, 0.4) is 0 Å². The summed E-state index contributed by atoms with van der Waals surface area (Å²) >= 11 is 1.61. The van der Waals surface area contributed by atoms with Crippen molar-refractivity contribution in [2.45, 2.75) is 19.2 Å². The van der Waals surface area contributed by atoms with Crippen LogP contribution in [0.4, 0.5) is 4.39 Å². The molecule has 1 aliphatic heterocycles. The van der Waals surface area contributed by atoms with Gasteiger partial charge in [0.15, 0.2) is 0 Å². The van der Waals surface area contributed by atoms with Gasteiger partial charge in [-0.25, -0.2) is 4.39 Å². The lowest BCUT2D eigenvalue weighted by Crippen LogP contribution is -2.40. The number of nitrogens with zero attached hydrogens (tertiary/aromatic N) is 2. The van der Waals surface area contributed by atoms with E-state index in [0.29, 0.717) is 31.0 Å². The second-order valence-electron chi connectivity index (χ2n) is 6.55. The summed E-state index contributed by atoms with van der Waals surface area (Å²) in [6.07, 6.45) is 0. The number of halogens is 1. The Bertz CT molecular complexity index is 808. The van der Waals surface area contributed by atoms with Crippen molar-refractivity contribution >= 4 is 23.6 Å². The third-order valence-corrected chi connectivity index (χ3v) is 5.96. The Hall–Kier alpha value is -2.34. The molecule has 0 saturated carbocycles. The fraction of sp³-hybridized carbons (Fsp3) is 0.333. The largest absolute Gasteiger partial charge is 0.337 e. The van der Waals surface area contributed by atoms with Gasteiger partial charge in [-0.15, -0.1) is 11.8 Å². The predicted molar refractivity (Wildman–Crippen MR) is 106 cm³/mol. The maximum Gasteiger partial charge on any atom is 0.253 e. The van der Waals surface area contributed by atoms with Crippen molar-refractivity contribution < 1.29 is 14.0 Å². The molecule has 0 spiro atoms. The van der Waals surface area contributed by atoms with E-state index in [2.05, 4.69) is 12.1 Å².